The maximum atomic E-state index is 11.6. The van der Waals surface area contributed by atoms with Gasteiger partial charge in [-0.25, -0.2) is 0 Å². The van der Waals surface area contributed by atoms with E-state index in [1.54, 1.807) is 0 Å². The Morgan fingerprint density at radius 2 is 2.26 bits per heavy atom. The highest BCUT2D eigenvalue weighted by Gasteiger charge is 2.32. The van der Waals surface area contributed by atoms with Gasteiger partial charge in [-0.1, -0.05) is 23.9 Å². The Balaban J connectivity index is 1.82. The summed E-state index contributed by atoms with van der Waals surface area (Å²) in [5.41, 5.74) is 0.790. The van der Waals surface area contributed by atoms with Crippen LogP contribution in [-0.2, 0) is 9.59 Å². The molecule has 0 radical (unpaired) electrons. The van der Waals surface area contributed by atoms with E-state index in [1.165, 1.54) is 6.21 Å². The molecule has 1 atom stereocenters. The number of carboxylic acids is 1. The van der Waals surface area contributed by atoms with Gasteiger partial charge in [0.2, 0.25) is 5.91 Å². The second-order valence-corrected chi connectivity index (χ2v) is 6.92. The summed E-state index contributed by atoms with van der Waals surface area (Å²) in [5, 5.41) is 27.2. The van der Waals surface area contributed by atoms with Crippen LogP contribution in [0, 0.1) is 11.3 Å². The summed E-state index contributed by atoms with van der Waals surface area (Å²) < 4.78 is 5.67. The summed E-state index contributed by atoms with van der Waals surface area (Å²) in [4.78, 5) is 22.3. The van der Waals surface area contributed by atoms with E-state index < -0.39 is 11.2 Å². The Bertz CT molecular complexity index is 773. The monoisotopic (exact) mass is 388 g/mol. The first-order valence-electron chi connectivity index (χ1n) is 8.48. The molecule has 27 heavy (non-hydrogen) atoms. The zero-order chi connectivity index (χ0) is 19.5. The highest BCUT2D eigenvalue weighted by Crippen LogP contribution is 2.22. The highest BCUT2D eigenvalue weighted by molar-refractivity contribution is 8.15. The number of benzene rings is 1. The lowest BCUT2D eigenvalue weighted by Gasteiger charge is -2.06. The van der Waals surface area contributed by atoms with Gasteiger partial charge >= 0.3 is 5.97 Å². The maximum absolute atomic E-state index is 11.6. The Kier molecular flexibility index (Phi) is 8.32. The summed E-state index contributed by atoms with van der Waals surface area (Å²) in [6.45, 7) is 0.585. The molecule has 142 valence electrons. The molecule has 1 fully saturated rings. The normalized spacial score (nSPS) is 17.8. The lowest BCUT2D eigenvalue weighted by Crippen LogP contribution is -2.26. The number of nitrogens with one attached hydrogen (secondary N) is 1. The number of aliphatic carboxylic acids is 1. The van der Waals surface area contributed by atoms with Crippen LogP contribution >= 0.6 is 11.8 Å². The largest absolute Gasteiger partial charge is 0.494 e. The molecule has 1 unspecified atom stereocenters. The first kappa shape index (κ1) is 20.5. The molecule has 0 spiro atoms. The van der Waals surface area contributed by atoms with E-state index in [4.69, 9.17) is 15.1 Å². The minimum absolute atomic E-state index is 0.255. The van der Waals surface area contributed by atoms with Crippen LogP contribution in [0.3, 0.4) is 0 Å². The number of amidine groups is 1. The summed E-state index contributed by atoms with van der Waals surface area (Å²) in [6, 6.07) is 9.48. The number of hydrogen-bond acceptors (Lipinski definition) is 7. The number of hydrogen-bond donors (Lipinski definition) is 2. The van der Waals surface area contributed by atoms with E-state index in [0.717, 1.165) is 42.3 Å². The molecule has 1 heterocycles. The van der Waals surface area contributed by atoms with Gasteiger partial charge in [-0.15, -0.1) is 5.10 Å². The first-order valence-corrected chi connectivity index (χ1v) is 9.36. The Hall–Kier alpha value is -2.86. The van der Waals surface area contributed by atoms with Gasteiger partial charge < -0.3 is 15.2 Å². The molecule has 1 aromatic rings. The Morgan fingerprint density at radius 1 is 1.41 bits per heavy atom. The number of unbranched alkanes of at least 4 members (excludes halogenated alkanes) is 3. The Labute approximate surface area is 161 Å². The van der Waals surface area contributed by atoms with Gasteiger partial charge in [0.15, 0.2) is 5.17 Å². The molecule has 8 nitrogen and oxygen atoms in total. The minimum Gasteiger partial charge on any atom is -0.494 e. The average molecular weight is 388 g/mol. The van der Waals surface area contributed by atoms with Crippen molar-refractivity contribution in [3.05, 3.63) is 29.8 Å². The summed E-state index contributed by atoms with van der Waals surface area (Å²) in [5.74, 6) is -0.687. The van der Waals surface area contributed by atoms with E-state index in [0.29, 0.717) is 13.0 Å². The number of thioether (sulfide) groups is 1. The zero-order valence-electron chi connectivity index (χ0n) is 14.6. The zero-order valence-corrected chi connectivity index (χ0v) is 15.4. The van der Waals surface area contributed by atoms with E-state index in [2.05, 4.69) is 21.6 Å². The predicted octanol–water partition coefficient (Wildman–Crippen LogP) is 2.55. The summed E-state index contributed by atoms with van der Waals surface area (Å²) >= 11 is 1.05. The van der Waals surface area contributed by atoms with Crippen LogP contribution < -0.4 is 10.1 Å². The van der Waals surface area contributed by atoms with Crippen LogP contribution in [0.1, 0.15) is 37.7 Å². The Morgan fingerprint density at radius 3 is 3.04 bits per heavy atom. The van der Waals surface area contributed by atoms with Gasteiger partial charge in [0.25, 0.3) is 0 Å². The molecule has 1 saturated heterocycles. The average Bonchev–Trinajstić information content (AvgIpc) is 2.97. The fourth-order valence-electron chi connectivity index (χ4n) is 2.25. The van der Waals surface area contributed by atoms with Gasteiger partial charge in [-0.05, 0) is 37.0 Å². The van der Waals surface area contributed by atoms with Crippen LogP contribution in [0.25, 0.3) is 0 Å². The fourth-order valence-corrected chi connectivity index (χ4v) is 3.17. The van der Waals surface area contributed by atoms with Crippen molar-refractivity contribution in [1.29, 1.82) is 5.26 Å². The highest BCUT2D eigenvalue weighted by atomic mass is 32.2. The number of carbonyl (C=O) groups excluding carboxylic acids is 1. The molecule has 0 saturated carbocycles. The van der Waals surface area contributed by atoms with Gasteiger partial charge in [-0.3, -0.25) is 9.59 Å². The SMILES string of the molecule is N#CCCCCCOc1cccc(C=NN=C2NC(=O)C(CC(=O)O)S2)c1. The van der Waals surface area contributed by atoms with Crippen molar-refractivity contribution < 1.29 is 19.4 Å². The second kappa shape index (κ2) is 11.0. The first-order chi connectivity index (χ1) is 13.1. The molecule has 0 aromatic heterocycles. The van der Waals surface area contributed by atoms with Crippen LogP contribution in [-0.4, -0.2) is 40.2 Å². The second-order valence-electron chi connectivity index (χ2n) is 5.73. The minimum atomic E-state index is -1.03. The van der Waals surface area contributed by atoms with Gasteiger partial charge in [-0.2, -0.15) is 10.4 Å². The lowest BCUT2D eigenvalue weighted by atomic mass is 10.2. The number of nitrogens with zero attached hydrogens (tertiary/aromatic N) is 3. The number of ether oxygens (including phenoxy) is 1. The fraction of sp³-hybridized carbons (Fsp3) is 0.389. The van der Waals surface area contributed by atoms with Crippen molar-refractivity contribution in [3.63, 3.8) is 0 Å². The van der Waals surface area contributed by atoms with Crippen molar-refractivity contribution in [2.24, 2.45) is 10.2 Å². The molecule has 1 amide bonds. The molecule has 0 bridgehead atoms. The van der Waals surface area contributed by atoms with Gasteiger partial charge in [0.1, 0.15) is 11.0 Å². The standard InChI is InChI=1S/C18H20N4O4S/c19-8-3-1-2-4-9-26-14-7-5-6-13(10-14)12-20-22-18-21-17(25)15(27-18)11-16(23)24/h5-7,10,12,15H,1-4,9,11H2,(H,23,24)(H,21,22,25). The lowest BCUT2D eigenvalue weighted by molar-refractivity contribution is -0.138. The molecular formula is C18H20N4O4S. The molecule has 2 rings (SSSR count). The van der Waals surface area contributed by atoms with E-state index >= 15 is 0 Å². The summed E-state index contributed by atoms with van der Waals surface area (Å²) in [6.07, 6.45) is 4.58. The topological polar surface area (TPSA) is 124 Å². The van der Waals surface area contributed by atoms with Gasteiger partial charge in [0, 0.05) is 6.42 Å². The van der Waals surface area contributed by atoms with E-state index in [-0.39, 0.29) is 17.5 Å². The number of carboxylic acid groups (broad SMARTS) is 1. The van der Waals surface area contributed by atoms with Crippen molar-refractivity contribution in [2.45, 2.75) is 37.4 Å². The van der Waals surface area contributed by atoms with E-state index in [9.17, 15) is 9.59 Å². The molecular weight excluding hydrogens is 368 g/mol. The third-order valence-corrected chi connectivity index (χ3v) is 4.62. The van der Waals surface area contributed by atoms with Crippen molar-refractivity contribution in [1.82, 2.24) is 5.32 Å². The van der Waals surface area contributed by atoms with Crippen LogP contribution in [0.2, 0.25) is 0 Å². The molecule has 1 aliphatic rings. The number of rotatable bonds is 10. The number of amides is 1. The maximum Gasteiger partial charge on any atom is 0.305 e. The molecule has 2 N–H and O–H groups in total. The molecule has 0 aliphatic carbocycles. The molecule has 1 aromatic carbocycles. The third kappa shape index (κ3) is 7.50. The number of carbonyl (C=O) groups is 2. The predicted molar refractivity (Wildman–Crippen MR) is 103 cm³/mol. The van der Waals surface area contributed by atoms with Crippen molar-refractivity contribution >= 4 is 35.0 Å². The van der Waals surface area contributed by atoms with E-state index in [1.807, 2.05) is 24.3 Å². The van der Waals surface area contributed by atoms with Crippen molar-refractivity contribution in [3.8, 4) is 11.8 Å². The molecule has 1 aliphatic heterocycles. The third-order valence-electron chi connectivity index (χ3n) is 3.55. The number of nitriles is 1. The van der Waals surface area contributed by atoms with Crippen LogP contribution in [0.15, 0.2) is 34.5 Å². The summed E-state index contributed by atoms with van der Waals surface area (Å²) in [7, 11) is 0. The van der Waals surface area contributed by atoms with Crippen LogP contribution in [0.4, 0.5) is 0 Å². The quantitative estimate of drug-likeness (QED) is 0.361. The van der Waals surface area contributed by atoms with Crippen LogP contribution in [0.5, 0.6) is 5.75 Å². The van der Waals surface area contributed by atoms with Gasteiger partial charge in [0.05, 0.1) is 25.3 Å². The molecule has 9 heteroatoms. The van der Waals surface area contributed by atoms with Crippen molar-refractivity contribution in [2.75, 3.05) is 6.61 Å². The smallest absolute Gasteiger partial charge is 0.305 e.